The summed E-state index contributed by atoms with van der Waals surface area (Å²) in [4.78, 5) is 0. The van der Waals surface area contributed by atoms with Gasteiger partial charge in [0, 0.05) is 5.56 Å². The van der Waals surface area contributed by atoms with E-state index in [0.29, 0.717) is 0 Å². The van der Waals surface area contributed by atoms with Crippen molar-refractivity contribution in [3.63, 3.8) is 0 Å². The molecule has 0 saturated carbocycles. The summed E-state index contributed by atoms with van der Waals surface area (Å²) in [6, 6.07) is -0.0145. The molecule has 0 spiro atoms. The third kappa shape index (κ3) is 1.14. The fourth-order valence-electron chi connectivity index (χ4n) is 1.77. The van der Waals surface area contributed by atoms with E-state index < -0.39 is 0 Å². The minimum atomic E-state index is -0.0145. The van der Waals surface area contributed by atoms with Crippen LogP contribution in [-0.4, -0.2) is 5.16 Å². The summed E-state index contributed by atoms with van der Waals surface area (Å²) in [5.74, 6) is 0.893. The van der Waals surface area contributed by atoms with Crippen LogP contribution in [0.1, 0.15) is 42.8 Å². The largest absolute Gasteiger partial charge is 0.359 e. The molecule has 3 heteroatoms. The number of hydrogen-bond acceptors (Lipinski definition) is 3. The molecule has 1 atom stereocenters. The van der Waals surface area contributed by atoms with Crippen molar-refractivity contribution in [2.45, 2.75) is 38.6 Å². The van der Waals surface area contributed by atoms with Crippen molar-refractivity contribution in [2.75, 3.05) is 0 Å². The fourth-order valence-corrected chi connectivity index (χ4v) is 1.77. The van der Waals surface area contributed by atoms with Crippen LogP contribution in [0.2, 0.25) is 0 Å². The first kappa shape index (κ1) is 7.80. The first-order valence-corrected chi connectivity index (χ1v) is 4.52. The first-order chi connectivity index (χ1) is 5.79. The summed E-state index contributed by atoms with van der Waals surface area (Å²) in [6.07, 6.45) is 4.63. The standard InChI is InChI=1S/C9H14N2O/c1-6(10)9-7-4-2-3-5-8(7)11-12-9/h6H,2-5,10H2,1H3. The number of rotatable bonds is 1. The Bertz CT molecular complexity index is 278. The van der Waals surface area contributed by atoms with Gasteiger partial charge in [-0.3, -0.25) is 0 Å². The van der Waals surface area contributed by atoms with Crippen LogP contribution in [0.25, 0.3) is 0 Å². The van der Waals surface area contributed by atoms with Gasteiger partial charge in [0.05, 0.1) is 11.7 Å². The van der Waals surface area contributed by atoms with Crippen LogP contribution in [0.3, 0.4) is 0 Å². The highest BCUT2D eigenvalue weighted by molar-refractivity contribution is 5.26. The molecule has 1 aliphatic carbocycles. The average Bonchev–Trinajstić information content (AvgIpc) is 2.47. The second kappa shape index (κ2) is 2.90. The number of nitrogens with zero attached hydrogens (tertiary/aromatic N) is 1. The van der Waals surface area contributed by atoms with Crippen molar-refractivity contribution in [3.8, 4) is 0 Å². The van der Waals surface area contributed by atoms with E-state index >= 15 is 0 Å². The number of nitrogens with two attached hydrogens (primary N) is 1. The maximum atomic E-state index is 5.75. The highest BCUT2D eigenvalue weighted by atomic mass is 16.5. The number of fused-ring (bicyclic) bond motifs is 1. The zero-order valence-corrected chi connectivity index (χ0v) is 7.34. The van der Waals surface area contributed by atoms with Crippen LogP contribution in [-0.2, 0) is 12.8 Å². The Labute approximate surface area is 71.9 Å². The van der Waals surface area contributed by atoms with E-state index in [1.807, 2.05) is 6.92 Å². The monoisotopic (exact) mass is 166 g/mol. The second-order valence-electron chi connectivity index (χ2n) is 3.47. The Morgan fingerprint density at radius 3 is 2.92 bits per heavy atom. The van der Waals surface area contributed by atoms with Gasteiger partial charge in [-0.1, -0.05) is 5.16 Å². The van der Waals surface area contributed by atoms with Gasteiger partial charge in [0.2, 0.25) is 0 Å². The summed E-state index contributed by atoms with van der Waals surface area (Å²) in [6.45, 7) is 1.94. The molecule has 0 radical (unpaired) electrons. The minimum Gasteiger partial charge on any atom is -0.359 e. The number of aryl methyl sites for hydroxylation is 1. The number of hydrogen-bond donors (Lipinski definition) is 1. The molecule has 0 aliphatic heterocycles. The van der Waals surface area contributed by atoms with Gasteiger partial charge in [0.1, 0.15) is 0 Å². The van der Waals surface area contributed by atoms with Crippen molar-refractivity contribution in [3.05, 3.63) is 17.0 Å². The molecule has 0 bridgehead atoms. The van der Waals surface area contributed by atoms with E-state index in [0.717, 1.165) is 24.3 Å². The van der Waals surface area contributed by atoms with E-state index in [9.17, 15) is 0 Å². The predicted octanol–water partition coefficient (Wildman–Crippen LogP) is 1.57. The van der Waals surface area contributed by atoms with Crippen LogP contribution in [0.15, 0.2) is 4.52 Å². The Kier molecular flexibility index (Phi) is 1.89. The van der Waals surface area contributed by atoms with Gasteiger partial charge in [0.25, 0.3) is 0 Å². The van der Waals surface area contributed by atoms with Crippen molar-refractivity contribution >= 4 is 0 Å². The zero-order chi connectivity index (χ0) is 8.55. The quantitative estimate of drug-likeness (QED) is 0.689. The maximum absolute atomic E-state index is 5.75. The van der Waals surface area contributed by atoms with Gasteiger partial charge in [0.15, 0.2) is 5.76 Å². The van der Waals surface area contributed by atoms with Crippen molar-refractivity contribution in [1.82, 2.24) is 5.16 Å². The molecule has 1 aliphatic rings. The molecule has 2 N–H and O–H groups in total. The lowest BCUT2D eigenvalue weighted by atomic mass is 9.95. The predicted molar refractivity (Wildman–Crippen MR) is 45.7 cm³/mol. The topological polar surface area (TPSA) is 52.0 Å². The lowest BCUT2D eigenvalue weighted by molar-refractivity contribution is 0.362. The van der Waals surface area contributed by atoms with Crippen LogP contribution < -0.4 is 5.73 Å². The third-order valence-electron chi connectivity index (χ3n) is 2.40. The normalized spacial score (nSPS) is 18.8. The van der Waals surface area contributed by atoms with Crippen molar-refractivity contribution < 1.29 is 4.52 Å². The first-order valence-electron chi connectivity index (χ1n) is 4.52. The minimum absolute atomic E-state index is 0.0145. The summed E-state index contributed by atoms with van der Waals surface area (Å²) >= 11 is 0. The lowest BCUT2D eigenvalue weighted by Crippen LogP contribution is -2.09. The van der Waals surface area contributed by atoms with Gasteiger partial charge in [-0.25, -0.2) is 0 Å². The van der Waals surface area contributed by atoms with E-state index in [4.69, 9.17) is 10.3 Å². The zero-order valence-electron chi connectivity index (χ0n) is 7.34. The highest BCUT2D eigenvalue weighted by Gasteiger charge is 2.20. The van der Waals surface area contributed by atoms with Crippen LogP contribution in [0.4, 0.5) is 0 Å². The number of aromatic nitrogens is 1. The van der Waals surface area contributed by atoms with Crippen LogP contribution in [0, 0.1) is 0 Å². The Morgan fingerprint density at radius 1 is 1.42 bits per heavy atom. The molecule has 1 unspecified atom stereocenters. The third-order valence-corrected chi connectivity index (χ3v) is 2.40. The van der Waals surface area contributed by atoms with Crippen molar-refractivity contribution in [2.24, 2.45) is 5.73 Å². The van der Waals surface area contributed by atoms with Crippen molar-refractivity contribution in [1.29, 1.82) is 0 Å². The Balaban J connectivity index is 2.38. The molecule has 12 heavy (non-hydrogen) atoms. The van der Waals surface area contributed by atoms with Gasteiger partial charge >= 0.3 is 0 Å². The molecule has 66 valence electrons. The Hall–Kier alpha value is -0.830. The van der Waals surface area contributed by atoms with Gasteiger partial charge in [-0.05, 0) is 32.6 Å². The average molecular weight is 166 g/mol. The van der Waals surface area contributed by atoms with Gasteiger partial charge in [-0.15, -0.1) is 0 Å². The molecule has 0 fully saturated rings. The smallest absolute Gasteiger partial charge is 0.156 e. The highest BCUT2D eigenvalue weighted by Crippen LogP contribution is 2.26. The summed E-state index contributed by atoms with van der Waals surface area (Å²) < 4.78 is 5.20. The molecular weight excluding hydrogens is 152 g/mol. The maximum Gasteiger partial charge on any atom is 0.156 e. The van der Waals surface area contributed by atoms with Gasteiger partial charge < -0.3 is 10.3 Å². The SMILES string of the molecule is CC(N)c1onc2c1CCCC2. The molecule has 1 heterocycles. The molecule has 3 nitrogen and oxygen atoms in total. The fraction of sp³-hybridized carbons (Fsp3) is 0.667. The molecule has 0 aromatic carbocycles. The second-order valence-corrected chi connectivity index (χ2v) is 3.47. The van der Waals surface area contributed by atoms with Crippen LogP contribution >= 0.6 is 0 Å². The summed E-state index contributed by atoms with van der Waals surface area (Å²) in [7, 11) is 0. The molecule has 0 saturated heterocycles. The molecule has 1 aromatic rings. The summed E-state index contributed by atoms with van der Waals surface area (Å²) in [5.41, 5.74) is 8.16. The lowest BCUT2D eigenvalue weighted by Gasteiger charge is -2.10. The molecule has 0 amide bonds. The Morgan fingerprint density at radius 2 is 2.17 bits per heavy atom. The van der Waals surface area contributed by atoms with E-state index in [2.05, 4.69) is 5.16 Å². The van der Waals surface area contributed by atoms with E-state index in [1.54, 1.807) is 0 Å². The van der Waals surface area contributed by atoms with E-state index in [-0.39, 0.29) is 6.04 Å². The summed E-state index contributed by atoms with van der Waals surface area (Å²) in [5, 5.41) is 4.02. The van der Waals surface area contributed by atoms with Crippen LogP contribution in [0.5, 0.6) is 0 Å². The molecular formula is C9H14N2O. The van der Waals surface area contributed by atoms with E-state index in [1.165, 1.54) is 18.4 Å². The van der Waals surface area contributed by atoms with Gasteiger partial charge in [-0.2, -0.15) is 0 Å². The molecule has 1 aromatic heterocycles. The molecule has 2 rings (SSSR count).